The van der Waals surface area contributed by atoms with Crippen molar-refractivity contribution in [3.63, 3.8) is 0 Å². The van der Waals surface area contributed by atoms with E-state index in [1.807, 2.05) is 48.5 Å². The molecule has 1 aliphatic heterocycles. The zero-order chi connectivity index (χ0) is 18.1. The van der Waals surface area contributed by atoms with Crippen molar-refractivity contribution in [2.45, 2.75) is 16.7 Å². The second-order valence-electron chi connectivity index (χ2n) is 5.68. The average Bonchev–Trinajstić information content (AvgIpc) is 3.10. The Bertz CT molecular complexity index is 953. The Morgan fingerprint density at radius 2 is 1.69 bits per heavy atom. The molecule has 6 nitrogen and oxygen atoms in total. The van der Waals surface area contributed by atoms with Crippen LogP contribution in [0.4, 0.5) is 11.4 Å². The normalized spacial score (nSPS) is 12.3. The predicted molar refractivity (Wildman–Crippen MR) is 95.7 cm³/mol. The molecule has 1 amide bonds. The van der Waals surface area contributed by atoms with E-state index in [0.29, 0.717) is 5.69 Å². The van der Waals surface area contributed by atoms with E-state index in [-0.39, 0.29) is 11.7 Å². The van der Waals surface area contributed by atoms with Crippen molar-refractivity contribution >= 4 is 35.0 Å². The van der Waals surface area contributed by atoms with Gasteiger partial charge in [0.1, 0.15) is 0 Å². The first-order valence-electron chi connectivity index (χ1n) is 7.93. The molecule has 4 rings (SSSR count). The fourth-order valence-electron chi connectivity index (χ4n) is 2.70. The van der Waals surface area contributed by atoms with Crippen molar-refractivity contribution < 1.29 is 18.8 Å². The Balaban J connectivity index is 1.58. The lowest BCUT2D eigenvalue weighted by Gasteiger charge is -2.30. The van der Waals surface area contributed by atoms with Gasteiger partial charge in [0.05, 0.1) is 17.1 Å². The average molecular weight is 366 g/mol. The molecule has 130 valence electrons. The minimum atomic E-state index is -0.716. The maximum Gasteiger partial charge on any atom is 0.377 e. The Morgan fingerprint density at radius 3 is 2.27 bits per heavy atom. The van der Waals surface area contributed by atoms with Gasteiger partial charge < -0.3 is 9.26 Å². The van der Waals surface area contributed by atoms with Crippen LogP contribution in [0.5, 0.6) is 0 Å². The molecule has 0 unspecified atom stereocenters. The number of carbonyl (C=O) groups is 2. The monoisotopic (exact) mass is 366 g/mol. The fourth-order valence-corrected chi connectivity index (χ4v) is 3.75. The van der Waals surface area contributed by atoms with Gasteiger partial charge in [-0.25, -0.2) is 4.79 Å². The molecule has 0 saturated heterocycles. The topological polar surface area (TPSA) is 72.6 Å². The highest BCUT2D eigenvalue weighted by Gasteiger charge is 2.28. The molecular formula is C19H14N2O4S. The number of fused-ring (bicyclic) bond motifs is 2. The molecular weight excluding hydrogens is 352 g/mol. The smallest absolute Gasteiger partial charge is 0.377 e. The van der Waals surface area contributed by atoms with Gasteiger partial charge >= 0.3 is 5.97 Å². The number of ether oxygens (including phenoxy) is 1. The third kappa shape index (κ3) is 2.97. The number of para-hydroxylation sites is 2. The lowest BCUT2D eigenvalue weighted by atomic mass is 10.2. The zero-order valence-corrected chi connectivity index (χ0v) is 14.7. The summed E-state index contributed by atoms with van der Waals surface area (Å²) in [6, 6.07) is 16.7. The largest absolute Gasteiger partial charge is 0.450 e. The number of amides is 1. The first kappa shape index (κ1) is 16.4. The maximum absolute atomic E-state index is 12.9. The van der Waals surface area contributed by atoms with E-state index in [9.17, 15) is 9.59 Å². The molecule has 1 aromatic heterocycles. The van der Waals surface area contributed by atoms with E-state index in [1.54, 1.807) is 23.6 Å². The second-order valence-corrected chi connectivity index (χ2v) is 6.76. The van der Waals surface area contributed by atoms with Crippen molar-refractivity contribution in [3.05, 3.63) is 66.1 Å². The van der Waals surface area contributed by atoms with Crippen LogP contribution in [0, 0.1) is 6.92 Å². The number of anilines is 2. The van der Waals surface area contributed by atoms with Crippen LogP contribution in [0.3, 0.4) is 0 Å². The lowest BCUT2D eigenvalue weighted by molar-refractivity contribution is -0.121. The van der Waals surface area contributed by atoms with Gasteiger partial charge in [0.2, 0.25) is 5.76 Å². The molecule has 1 aliphatic rings. The van der Waals surface area contributed by atoms with E-state index in [1.165, 1.54) is 6.07 Å². The van der Waals surface area contributed by atoms with E-state index >= 15 is 0 Å². The van der Waals surface area contributed by atoms with E-state index in [2.05, 4.69) is 5.16 Å². The van der Waals surface area contributed by atoms with Crippen LogP contribution in [0.2, 0.25) is 0 Å². The quantitative estimate of drug-likeness (QED) is 0.653. The van der Waals surface area contributed by atoms with E-state index in [0.717, 1.165) is 21.2 Å². The minimum absolute atomic E-state index is 0.0229. The molecule has 0 radical (unpaired) electrons. The summed E-state index contributed by atoms with van der Waals surface area (Å²) in [7, 11) is 0. The molecule has 0 saturated carbocycles. The molecule has 2 heterocycles. The molecule has 26 heavy (non-hydrogen) atoms. The van der Waals surface area contributed by atoms with Crippen LogP contribution >= 0.6 is 11.8 Å². The highest BCUT2D eigenvalue weighted by Crippen LogP contribution is 2.47. The second kappa shape index (κ2) is 6.68. The summed E-state index contributed by atoms with van der Waals surface area (Å²) in [6.07, 6.45) is 0. The Labute approximate surface area is 153 Å². The molecule has 7 heteroatoms. The molecule has 3 aromatic rings. The number of hydrogen-bond donors (Lipinski definition) is 0. The van der Waals surface area contributed by atoms with Crippen LogP contribution < -0.4 is 4.90 Å². The fraction of sp³-hybridized carbons (Fsp3) is 0.105. The SMILES string of the molecule is Cc1cc(C(=O)OCC(=O)N2c3ccccc3Sc3ccccc32)on1. The summed E-state index contributed by atoms with van der Waals surface area (Å²) in [5, 5.41) is 3.64. The summed E-state index contributed by atoms with van der Waals surface area (Å²) in [5.41, 5.74) is 2.11. The van der Waals surface area contributed by atoms with Crippen LogP contribution in [-0.2, 0) is 9.53 Å². The van der Waals surface area contributed by atoms with Crippen molar-refractivity contribution in [2.24, 2.45) is 0 Å². The minimum Gasteiger partial charge on any atom is -0.450 e. The third-order valence-corrected chi connectivity index (χ3v) is 4.97. The molecule has 0 spiro atoms. The molecule has 0 fully saturated rings. The number of benzene rings is 2. The van der Waals surface area contributed by atoms with Crippen LogP contribution in [0.15, 0.2) is 68.9 Å². The number of aryl methyl sites for hydroxylation is 1. The van der Waals surface area contributed by atoms with Gasteiger partial charge in [-0.1, -0.05) is 41.2 Å². The maximum atomic E-state index is 12.9. The van der Waals surface area contributed by atoms with Gasteiger partial charge in [0.25, 0.3) is 5.91 Å². The summed E-state index contributed by atoms with van der Waals surface area (Å²) >= 11 is 1.60. The highest BCUT2D eigenvalue weighted by atomic mass is 32.2. The summed E-state index contributed by atoms with van der Waals surface area (Å²) in [5.74, 6) is -1.08. The molecule has 0 N–H and O–H groups in total. The molecule has 0 bridgehead atoms. The number of aromatic nitrogens is 1. The van der Waals surface area contributed by atoms with Crippen LogP contribution in [0.1, 0.15) is 16.2 Å². The predicted octanol–water partition coefficient (Wildman–Crippen LogP) is 3.97. The van der Waals surface area contributed by atoms with Crippen molar-refractivity contribution in [2.75, 3.05) is 11.5 Å². The van der Waals surface area contributed by atoms with Gasteiger partial charge in [-0.05, 0) is 31.2 Å². The van der Waals surface area contributed by atoms with Crippen molar-refractivity contribution in [1.29, 1.82) is 0 Å². The van der Waals surface area contributed by atoms with Crippen molar-refractivity contribution in [1.82, 2.24) is 5.16 Å². The number of esters is 1. The summed E-state index contributed by atoms with van der Waals surface area (Å²) < 4.78 is 9.98. The van der Waals surface area contributed by atoms with Gasteiger partial charge in [-0.15, -0.1) is 0 Å². The molecule has 0 aliphatic carbocycles. The first-order chi connectivity index (χ1) is 12.6. The van der Waals surface area contributed by atoms with E-state index < -0.39 is 12.6 Å². The molecule has 2 aromatic carbocycles. The summed E-state index contributed by atoms with van der Waals surface area (Å²) in [4.78, 5) is 28.4. The van der Waals surface area contributed by atoms with E-state index in [4.69, 9.17) is 9.26 Å². The Hall–Kier alpha value is -3.06. The first-order valence-corrected chi connectivity index (χ1v) is 8.74. The van der Waals surface area contributed by atoms with Crippen molar-refractivity contribution in [3.8, 4) is 0 Å². The Kier molecular flexibility index (Phi) is 4.22. The number of carbonyl (C=O) groups excluding carboxylic acids is 2. The standard InChI is InChI=1S/C19H14N2O4S/c1-12-10-15(25-20-12)19(23)24-11-18(22)21-13-6-2-4-8-16(13)26-17-9-5-3-7-14(17)21/h2-10H,11H2,1H3. The molecule has 0 atom stereocenters. The van der Waals surface area contributed by atoms with Crippen LogP contribution in [-0.4, -0.2) is 23.6 Å². The van der Waals surface area contributed by atoms with Gasteiger partial charge in [-0.2, -0.15) is 0 Å². The van der Waals surface area contributed by atoms with Gasteiger partial charge in [0.15, 0.2) is 6.61 Å². The lowest BCUT2D eigenvalue weighted by Crippen LogP contribution is -2.32. The van der Waals surface area contributed by atoms with Crippen LogP contribution in [0.25, 0.3) is 0 Å². The highest BCUT2D eigenvalue weighted by molar-refractivity contribution is 7.99. The number of hydrogen-bond acceptors (Lipinski definition) is 6. The number of nitrogens with zero attached hydrogens (tertiary/aromatic N) is 2. The van der Waals surface area contributed by atoms with Gasteiger partial charge in [-0.3, -0.25) is 9.69 Å². The third-order valence-electron chi connectivity index (χ3n) is 3.84. The number of rotatable bonds is 3. The van der Waals surface area contributed by atoms with Gasteiger partial charge in [0, 0.05) is 15.9 Å². The Morgan fingerprint density at radius 1 is 1.08 bits per heavy atom. The summed E-state index contributed by atoms with van der Waals surface area (Å²) in [6.45, 7) is 1.30. The zero-order valence-electron chi connectivity index (χ0n) is 13.8.